The van der Waals surface area contributed by atoms with Crippen LogP contribution in [0.1, 0.15) is 22.8 Å². The van der Waals surface area contributed by atoms with Crippen LogP contribution in [0.5, 0.6) is 5.75 Å². The van der Waals surface area contributed by atoms with Crippen molar-refractivity contribution < 1.29 is 27.5 Å². The molecule has 0 saturated heterocycles. The molecule has 1 heterocycles. The Bertz CT molecular complexity index is 1050. The van der Waals surface area contributed by atoms with Crippen LogP contribution >= 0.6 is 0 Å². The molecule has 0 unspecified atom stereocenters. The molecule has 31 heavy (non-hydrogen) atoms. The Morgan fingerprint density at radius 1 is 0.968 bits per heavy atom. The summed E-state index contributed by atoms with van der Waals surface area (Å²) in [5.41, 5.74) is 3.11. The second kappa shape index (κ2) is 9.29. The molecule has 2 aromatic carbocycles. The number of carbonyl (C=O) groups excluding carboxylic acids is 2. The standard InChI is InChI=1S/C22H18F3N3O3/c1-14(29)28-18-7-4-16(5-8-18)20-11-6-17(13-26-20)21(30)27-12-15-2-9-19(10-3-15)31-22(23,24)25/h2-11,13H,12H2,1H3,(H,27,30)(H,28,29). The highest BCUT2D eigenvalue weighted by atomic mass is 19.4. The number of halogens is 3. The summed E-state index contributed by atoms with van der Waals surface area (Å²) in [6.07, 6.45) is -3.31. The molecule has 0 bridgehead atoms. The molecule has 3 aromatic rings. The topological polar surface area (TPSA) is 80.3 Å². The fourth-order valence-electron chi connectivity index (χ4n) is 2.72. The molecule has 2 amide bonds. The molecule has 0 radical (unpaired) electrons. The van der Waals surface area contributed by atoms with Crippen molar-refractivity contribution in [1.29, 1.82) is 0 Å². The molecular weight excluding hydrogens is 411 g/mol. The highest BCUT2D eigenvalue weighted by Crippen LogP contribution is 2.23. The molecule has 2 N–H and O–H groups in total. The van der Waals surface area contributed by atoms with Gasteiger partial charge in [-0.15, -0.1) is 13.2 Å². The van der Waals surface area contributed by atoms with E-state index in [-0.39, 0.29) is 24.1 Å². The summed E-state index contributed by atoms with van der Waals surface area (Å²) >= 11 is 0. The van der Waals surface area contributed by atoms with Gasteiger partial charge in [0.1, 0.15) is 5.75 Å². The first-order valence-corrected chi connectivity index (χ1v) is 9.16. The van der Waals surface area contributed by atoms with Crippen molar-refractivity contribution >= 4 is 17.5 Å². The summed E-state index contributed by atoms with van der Waals surface area (Å²) in [6, 6.07) is 15.7. The third-order valence-corrected chi connectivity index (χ3v) is 4.14. The van der Waals surface area contributed by atoms with Crippen LogP contribution in [0.25, 0.3) is 11.3 Å². The van der Waals surface area contributed by atoms with Crippen LogP contribution < -0.4 is 15.4 Å². The number of rotatable bonds is 6. The third kappa shape index (κ3) is 6.56. The highest BCUT2D eigenvalue weighted by Gasteiger charge is 2.30. The number of ether oxygens (including phenoxy) is 1. The zero-order chi connectivity index (χ0) is 22.4. The van der Waals surface area contributed by atoms with E-state index < -0.39 is 6.36 Å². The largest absolute Gasteiger partial charge is 0.573 e. The van der Waals surface area contributed by atoms with Crippen LogP contribution in [0, 0.1) is 0 Å². The van der Waals surface area contributed by atoms with Crippen LogP contribution in [0.4, 0.5) is 18.9 Å². The van der Waals surface area contributed by atoms with Gasteiger partial charge in [0, 0.05) is 30.9 Å². The summed E-state index contributed by atoms with van der Waals surface area (Å²) in [4.78, 5) is 27.7. The normalized spacial score (nSPS) is 11.0. The molecule has 6 nitrogen and oxygen atoms in total. The quantitative estimate of drug-likeness (QED) is 0.603. The van der Waals surface area contributed by atoms with E-state index in [4.69, 9.17) is 0 Å². The van der Waals surface area contributed by atoms with Crippen LogP contribution in [0.15, 0.2) is 66.9 Å². The Hall–Kier alpha value is -3.88. The predicted octanol–water partition coefficient (Wildman–Crippen LogP) is 4.54. The lowest BCUT2D eigenvalue weighted by atomic mass is 10.1. The second-order valence-corrected chi connectivity index (χ2v) is 6.57. The molecule has 0 aliphatic heterocycles. The summed E-state index contributed by atoms with van der Waals surface area (Å²) in [7, 11) is 0. The number of aromatic nitrogens is 1. The first kappa shape index (κ1) is 21.8. The van der Waals surface area contributed by atoms with Gasteiger partial charge in [-0.3, -0.25) is 14.6 Å². The van der Waals surface area contributed by atoms with Crippen LogP contribution in [0.3, 0.4) is 0 Å². The fourth-order valence-corrected chi connectivity index (χ4v) is 2.72. The first-order chi connectivity index (χ1) is 14.7. The van der Waals surface area contributed by atoms with Crippen molar-refractivity contribution in [3.8, 4) is 17.0 Å². The van der Waals surface area contributed by atoms with Gasteiger partial charge in [0.05, 0.1) is 11.3 Å². The summed E-state index contributed by atoms with van der Waals surface area (Å²) < 4.78 is 40.4. The maximum absolute atomic E-state index is 12.3. The number of nitrogens with zero attached hydrogens (tertiary/aromatic N) is 1. The van der Waals surface area contributed by atoms with E-state index in [1.807, 2.05) is 0 Å². The van der Waals surface area contributed by atoms with E-state index in [0.717, 1.165) is 5.56 Å². The molecule has 1 aromatic heterocycles. The predicted molar refractivity (Wildman–Crippen MR) is 108 cm³/mol. The Labute approximate surface area is 176 Å². The SMILES string of the molecule is CC(=O)Nc1ccc(-c2ccc(C(=O)NCc3ccc(OC(F)(F)F)cc3)cn2)cc1. The van der Waals surface area contributed by atoms with E-state index in [0.29, 0.717) is 22.5 Å². The number of nitrogens with one attached hydrogen (secondary N) is 2. The van der Waals surface area contributed by atoms with Gasteiger partial charge in [0.15, 0.2) is 0 Å². The van der Waals surface area contributed by atoms with Gasteiger partial charge < -0.3 is 15.4 Å². The first-order valence-electron chi connectivity index (χ1n) is 9.16. The lowest BCUT2D eigenvalue weighted by molar-refractivity contribution is -0.274. The Morgan fingerprint density at radius 3 is 2.19 bits per heavy atom. The van der Waals surface area contributed by atoms with Crippen molar-refractivity contribution in [1.82, 2.24) is 10.3 Å². The highest BCUT2D eigenvalue weighted by molar-refractivity contribution is 5.94. The third-order valence-electron chi connectivity index (χ3n) is 4.14. The summed E-state index contributed by atoms with van der Waals surface area (Å²) in [5.74, 6) is -0.852. The van der Waals surface area contributed by atoms with Gasteiger partial charge in [-0.05, 0) is 42.0 Å². The molecule has 3 rings (SSSR count). The van der Waals surface area contributed by atoms with Crippen molar-refractivity contribution in [2.45, 2.75) is 19.8 Å². The van der Waals surface area contributed by atoms with Crippen molar-refractivity contribution in [2.24, 2.45) is 0 Å². The molecule has 0 aliphatic carbocycles. The van der Waals surface area contributed by atoms with E-state index in [1.165, 1.54) is 37.4 Å². The summed E-state index contributed by atoms with van der Waals surface area (Å²) in [6.45, 7) is 1.56. The minimum absolute atomic E-state index is 0.136. The number of carbonyl (C=O) groups is 2. The Kier molecular flexibility index (Phi) is 6.54. The van der Waals surface area contributed by atoms with Gasteiger partial charge in [-0.2, -0.15) is 0 Å². The second-order valence-electron chi connectivity index (χ2n) is 6.57. The van der Waals surface area contributed by atoms with Gasteiger partial charge in [0.2, 0.25) is 5.91 Å². The number of pyridine rings is 1. The van der Waals surface area contributed by atoms with Crippen LogP contribution in [-0.4, -0.2) is 23.2 Å². The molecule has 9 heteroatoms. The van der Waals surface area contributed by atoms with Crippen LogP contribution in [-0.2, 0) is 11.3 Å². The van der Waals surface area contributed by atoms with Crippen molar-refractivity contribution in [2.75, 3.05) is 5.32 Å². The van der Waals surface area contributed by atoms with E-state index >= 15 is 0 Å². The fraction of sp³-hybridized carbons (Fsp3) is 0.136. The van der Waals surface area contributed by atoms with E-state index in [9.17, 15) is 22.8 Å². The van der Waals surface area contributed by atoms with Gasteiger partial charge in [0.25, 0.3) is 5.91 Å². The lowest BCUT2D eigenvalue weighted by Crippen LogP contribution is -2.23. The van der Waals surface area contributed by atoms with Crippen LogP contribution in [0.2, 0.25) is 0 Å². The Morgan fingerprint density at radius 2 is 1.65 bits per heavy atom. The smallest absolute Gasteiger partial charge is 0.406 e. The minimum Gasteiger partial charge on any atom is -0.406 e. The Balaban J connectivity index is 1.57. The molecule has 0 fully saturated rings. The lowest BCUT2D eigenvalue weighted by Gasteiger charge is -2.10. The molecular formula is C22H18F3N3O3. The zero-order valence-corrected chi connectivity index (χ0v) is 16.4. The average Bonchev–Trinajstić information content (AvgIpc) is 2.72. The molecule has 0 saturated carbocycles. The number of hydrogen-bond donors (Lipinski definition) is 2. The van der Waals surface area contributed by atoms with E-state index in [2.05, 4.69) is 20.4 Å². The minimum atomic E-state index is -4.75. The molecule has 0 spiro atoms. The maximum atomic E-state index is 12.3. The number of alkyl halides is 3. The van der Waals surface area contributed by atoms with Crippen molar-refractivity contribution in [3.05, 3.63) is 78.0 Å². The number of hydrogen-bond acceptors (Lipinski definition) is 4. The molecule has 160 valence electrons. The number of anilines is 1. The number of amides is 2. The monoisotopic (exact) mass is 429 g/mol. The average molecular weight is 429 g/mol. The van der Waals surface area contributed by atoms with Gasteiger partial charge in [-0.1, -0.05) is 24.3 Å². The van der Waals surface area contributed by atoms with Crippen molar-refractivity contribution in [3.63, 3.8) is 0 Å². The molecule has 0 atom stereocenters. The summed E-state index contributed by atoms with van der Waals surface area (Å²) in [5, 5.41) is 5.36. The van der Waals surface area contributed by atoms with Gasteiger partial charge >= 0.3 is 6.36 Å². The maximum Gasteiger partial charge on any atom is 0.573 e. The van der Waals surface area contributed by atoms with E-state index in [1.54, 1.807) is 36.4 Å². The van der Waals surface area contributed by atoms with Gasteiger partial charge in [-0.25, -0.2) is 0 Å². The number of benzene rings is 2. The zero-order valence-electron chi connectivity index (χ0n) is 16.4. The molecule has 0 aliphatic rings.